The quantitative estimate of drug-likeness (QED) is 0.213. The van der Waals surface area contributed by atoms with Crippen LogP contribution in [0.1, 0.15) is 71.3 Å². The van der Waals surface area contributed by atoms with Crippen LogP contribution in [0.25, 0.3) is 0 Å². The fourth-order valence-corrected chi connectivity index (χ4v) is 8.83. The average Bonchev–Trinajstić information content (AvgIpc) is 3.61. The van der Waals surface area contributed by atoms with Crippen LogP contribution in [0.4, 0.5) is 5.69 Å². The van der Waals surface area contributed by atoms with Gasteiger partial charge >= 0.3 is 0 Å². The molecule has 0 unspecified atom stereocenters. The highest BCUT2D eigenvalue weighted by Gasteiger charge is 2.62. The summed E-state index contributed by atoms with van der Waals surface area (Å²) in [6.07, 6.45) is 1.31. The Balaban J connectivity index is 1.32. The first-order chi connectivity index (χ1) is 25.2. The van der Waals surface area contributed by atoms with E-state index < -0.39 is 89.4 Å². The minimum atomic E-state index is -1.71. The van der Waals surface area contributed by atoms with E-state index in [9.17, 15) is 33.9 Å². The molecule has 0 aliphatic carbocycles. The lowest BCUT2D eigenvalue weighted by atomic mass is 9.91. The second-order valence-corrected chi connectivity index (χ2v) is 15.7. The molecule has 6 aliphatic heterocycles. The Hall–Kier alpha value is -4.03. The van der Waals surface area contributed by atoms with Crippen LogP contribution in [0.15, 0.2) is 18.2 Å². The molecule has 0 saturated carbocycles. The number of likely N-dealkylation sites (N-methyl/N-ethyl adjacent to an activating group) is 1. The van der Waals surface area contributed by atoms with Gasteiger partial charge in [-0.25, -0.2) is 16.3 Å². The van der Waals surface area contributed by atoms with E-state index in [1.54, 1.807) is 39.0 Å². The van der Waals surface area contributed by atoms with E-state index in [2.05, 4.69) is 26.9 Å². The van der Waals surface area contributed by atoms with Crippen molar-refractivity contribution in [3.63, 3.8) is 0 Å². The zero-order valence-electron chi connectivity index (χ0n) is 30.4. The first-order valence-corrected chi connectivity index (χ1v) is 19.0. The first-order valence-electron chi connectivity index (χ1n) is 18.6. The molecule has 0 bridgehead atoms. The number of nitrogens with zero attached hydrogens (tertiary/aromatic N) is 5. The summed E-state index contributed by atoms with van der Waals surface area (Å²) in [6, 6.07) is -1.55. The predicted octanol–water partition coefficient (Wildman–Crippen LogP) is -0.632. The largest absolute Gasteiger partial charge is 0.381 e. The minimum Gasteiger partial charge on any atom is -0.381 e. The van der Waals surface area contributed by atoms with Gasteiger partial charge in [0.25, 0.3) is 17.7 Å². The Morgan fingerprint density at radius 1 is 0.755 bits per heavy atom. The van der Waals surface area contributed by atoms with E-state index in [0.29, 0.717) is 68.0 Å². The van der Waals surface area contributed by atoms with Crippen molar-refractivity contribution in [1.82, 2.24) is 46.4 Å². The number of anilines is 1. The van der Waals surface area contributed by atoms with Crippen LogP contribution in [-0.2, 0) is 34.4 Å². The van der Waals surface area contributed by atoms with Crippen LogP contribution in [0.3, 0.4) is 0 Å². The van der Waals surface area contributed by atoms with E-state index in [1.807, 2.05) is 0 Å². The van der Waals surface area contributed by atoms with Crippen LogP contribution in [0.5, 0.6) is 0 Å². The Bertz CT molecular complexity index is 1700. The highest BCUT2D eigenvalue weighted by Crippen LogP contribution is 2.50. The molecular weight excluding hydrogens is 708 g/mol. The van der Waals surface area contributed by atoms with Gasteiger partial charge in [-0.1, -0.05) is 31.5 Å². The summed E-state index contributed by atoms with van der Waals surface area (Å²) >= 11 is 6.29. The molecule has 0 radical (unpaired) electrons. The van der Waals surface area contributed by atoms with Crippen LogP contribution in [0, 0.1) is 5.92 Å². The van der Waals surface area contributed by atoms with E-state index in [1.165, 1.54) is 31.9 Å². The molecule has 0 spiro atoms. The zero-order chi connectivity index (χ0) is 37.9. The number of halogens is 1. The summed E-state index contributed by atoms with van der Waals surface area (Å²) < 4.78 is 0. The van der Waals surface area contributed by atoms with Crippen molar-refractivity contribution in [2.45, 2.75) is 114 Å². The minimum absolute atomic E-state index is 0.206. The maximum Gasteiger partial charge on any atom is 0.261 e. The van der Waals surface area contributed by atoms with Crippen molar-refractivity contribution in [2.24, 2.45) is 5.92 Å². The molecule has 6 N–H and O–H groups in total. The number of aliphatic hydroxyl groups is 1. The number of rotatable bonds is 1. The number of hydrogen-bond acceptors (Lipinski definition) is 11. The highest BCUT2D eigenvalue weighted by atomic mass is 35.5. The summed E-state index contributed by atoms with van der Waals surface area (Å²) in [5.41, 5.74) is 8.45. The van der Waals surface area contributed by atoms with Crippen molar-refractivity contribution >= 4 is 52.7 Å². The summed E-state index contributed by atoms with van der Waals surface area (Å²) in [7, 11) is 1.50. The van der Waals surface area contributed by atoms with E-state index >= 15 is 0 Å². The second-order valence-electron chi connectivity index (χ2n) is 15.3. The molecule has 5 saturated heterocycles. The zero-order valence-corrected chi connectivity index (χ0v) is 31.2. The van der Waals surface area contributed by atoms with E-state index in [0.717, 1.165) is 0 Å². The van der Waals surface area contributed by atoms with Gasteiger partial charge in [0.05, 0.1) is 0 Å². The third kappa shape index (κ3) is 6.29. The van der Waals surface area contributed by atoms with Gasteiger partial charge in [-0.05, 0) is 63.5 Å². The second kappa shape index (κ2) is 14.3. The Morgan fingerprint density at radius 3 is 1.91 bits per heavy atom. The maximum atomic E-state index is 14.9. The lowest BCUT2D eigenvalue weighted by molar-refractivity contribution is -0.165. The van der Waals surface area contributed by atoms with Crippen molar-refractivity contribution in [1.29, 1.82) is 0 Å². The van der Waals surface area contributed by atoms with Crippen molar-refractivity contribution in [2.75, 3.05) is 32.0 Å². The van der Waals surface area contributed by atoms with Gasteiger partial charge in [-0.3, -0.25) is 43.8 Å². The molecule has 8 atom stereocenters. The Morgan fingerprint density at radius 2 is 1.30 bits per heavy atom. The number of carbonyl (C=O) groups is 6. The predicted molar refractivity (Wildman–Crippen MR) is 191 cm³/mol. The molecule has 18 heteroatoms. The van der Waals surface area contributed by atoms with Crippen molar-refractivity contribution < 1.29 is 33.9 Å². The van der Waals surface area contributed by atoms with E-state index in [-0.39, 0.29) is 12.8 Å². The lowest BCUT2D eigenvalue weighted by Gasteiger charge is -2.45. The van der Waals surface area contributed by atoms with Crippen molar-refractivity contribution in [3.05, 3.63) is 28.8 Å². The average molecular weight is 757 g/mol. The molecule has 7 rings (SSSR count). The molecule has 6 aliphatic rings. The molecule has 53 heavy (non-hydrogen) atoms. The molecule has 6 amide bonds. The number of nitrogens with one attached hydrogen (secondary N) is 5. The molecule has 17 nitrogen and oxygen atoms in total. The highest BCUT2D eigenvalue weighted by molar-refractivity contribution is 6.31. The fraction of sp³-hybridized carbons (Fsp3) is 0.657. The van der Waals surface area contributed by atoms with Gasteiger partial charge in [0, 0.05) is 49.4 Å². The monoisotopic (exact) mass is 756 g/mol. The van der Waals surface area contributed by atoms with Gasteiger partial charge in [-0.15, -0.1) is 0 Å². The molecular formula is C35H49ClN10O7. The van der Waals surface area contributed by atoms with E-state index in [4.69, 9.17) is 11.6 Å². The van der Waals surface area contributed by atoms with Crippen LogP contribution >= 0.6 is 11.6 Å². The standard InChI is InChI=1S/C35H49ClN10O7/c1-18(2)27-33(52)46-25(10-7-15-39-46)32(51)45-23(8-5-14-38-45)30(49)42(4)19(3)29(48)44-24(9-6-13-37-44)31(50)43-26(28(47)41-27)17-35(53)21-12-11-20(36)16-22(21)40-34(35)43/h11-12,16,18-19,23-27,34,37-40,53H,5-10,13-15,17H2,1-4H3,(H,41,47)/t19-,23-,24+,25+,26+,27+,34-,35-/m1/s1. The smallest absolute Gasteiger partial charge is 0.261 e. The summed E-state index contributed by atoms with van der Waals surface area (Å²) in [5, 5.41) is 22.6. The lowest BCUT2D eigenvalue weighted by Crippen LogP contribution is -2.69. The summed E-state index contributed by atoms with van der Waals surface area (Å²) in [5.74, 6) is -3.71. The van der Waals surface area contributed by atoms with Gasteiger partial charge in [-0.2, -0.15) is 0 Å². The number of amides is 6. The molecule has 1 aromatic rings. The molecule has 0 aromatic heterocycles. The Kier molecular flexibility index (Phi) is 10.1. The van der Waals surface area contributed by atoms with Crippen LogP contribution < -0.4 is 26.9 Å². The van der Waals surface area contributed by atoms with Gasteiger partial charge in [0.1, 0.15) is 48.0 Å². The Labute approximate surface area is 313 Å². The van der Waals surface area contributed by atoms with Crippen LogP contribution in [0.2, 0.25) is 5.02 Å². The SMILES string of the molecule is CC(C)[C@@H]1NC(=O)[C@@H]2C[C@@]3(O)c4ccc(Cl)cc4N[C@@H]3N2C(=O)[C@@H]2CCCNN2C(=O)[C@@H](C)N(C)C(=O)[C@H]2CCCNN2C(=O)[C@@H]2CCCNN2C1=O. The summed E-state index contributed by atoms with van der Waals surface area (Å²) in [4.78, 5) is 89.3. The van der Waals surface area contributed by atoms with Gasteiger partial charge in [0.2, 0.25) is 17.7 Å². The third-order valence-corrected chi connectivity index (χ3v) is 11.9. The number of carbonyl (C=O) groups excluding carboxylic acids is 6. The van der Waals surface area contributed by atoms with Crippen molar-refractivity contribution in [3.8, 4) is 0 Å². The molecule has 6 heterocycles. The fourth-order valence-electron chi connectivity index (χ4n) is 8.66. The first kappa shape index (κ1) is 37.3. The van der Waals surface area contributed by atoms with Crippen LogP contribution in [-0.4, -0.2) is 134 Å². The number of fused-ring (bicyclic) bond motifs is 8. The summed E-state index contributed by atoms with van der Waals surface area (Å²) in [6.45, 7) is 6.34. The molecule has 5 fully saturated rings. The normalized spacial score (nSPS) is 34.4. The molecule has 1 aromatic carbocycles. The number of hydrogen-bond donors (Lipinski definition) is 6. The van der Waals surface area contributed by atoms with Gasteiger partial charge in [0.15, 0.2) is 0 Å². The third-order valence-electron chi connectivity index (χ3n) is 11.7. The topological polar surface area (TPSA) is 199 Å². The number of benzene rings is 1. The number of hydrazine groups is 3. The maximum absolute atomic E-state index is 14.9. The van der Waals surface area contributed by atoms with Gasteiger partial charge < -0.3 is 25.5 Å². The molecule has 288 valence electrons.